The highest BCUT2D eigenvalue weighted by Gasteiger charge is 2.64. The molecule has 0 saturated heterocycles. The maximum absolute atomic E-state index is 13.4. The number of carbonyl (C=O) groups is 2. The highest BCUT2D eigenvalue weighted by molar-refractivity contribution is 5.94. The van der Waals surface area contributed by atoms with Crippen LogP contribution in [0.2, 0.25) is 0 Å². The van der Waals surface area contributed by atoms with E-state index in [-0.39, 0.29) is 36.8 Å². The number of unbranched alkanes of at least 4 members (excludes halogenated alkanes) is 2. The summed E-state index contributed by atoms with van der Waals surface area (Å²) in [6.07, 6.45) is -1.92. The zero-order chi connectivity index (χ0) is 25.6. The number of hydrogen-bond acceptors (Lipinski definition) is 3. The molecule has 1 fully saturated rings. The molecule has 3 rings (SSSR count). The molecule has 1 N–H and O–H groups in total. The van der Waals surface area contributed by atoms with Crippen molar-refractivity contribution >= 4 is 11.9 Å². The number of rotatable bonds is 12. The SMILES string of the molecule is CC(C)N(Cc1ccccc1OCCCCCC(=O)O)C(=O)c1ccc(C2(C(F)(F)F)CC2)cc1. The van der Waals surface area contributed by atoms with Gasteiger partial charge in [0.1, 0.15) is 5.75 Å². The van der Waals surface area contributed by atoms with Crippen LogP contribution >= 0.6 is 0 Å². The lowest BCUT2D eigenvalue weighted by molar-refractivity contribution is -0.160. The standard InChI is InChI=1S/C27H32F3NO4/c1-19(2)31(18-21-8-5-6-9-23(21)35-17-7-3-4-10-24(32)33)25(34)20-11-13-22(14-12-20)26(15-16-26)27(28,29)30/h5-6,8-9,11-14,19H,3-4,7,10,15-18H2,1-2H3,(H,32,33). The lowest BCUT2D eigenvalue weighted by Gasteiger charge is -2.28. The van der Waals surface area contributed by atoms with Gasteiger partial charge in [0.15, 0.2) is 0 Å². The van der Waals surface area contributed by atoms with Crippen molar-refractivity contribution in [1.29, 1.82) is 0 Å². The monoisotopic (exact) mass is 491 g/mol. The van der Waals surface area contributed by atoms with Crippen LogP contribution in [0.25, 0.3) is 0 Å². The predicted octanol–water partition coefficient (Wildman–Crippen LogP) is 6.36. The van der Waals surface area contributed by atoms with Gasteiger partial charge in [0.05, 0.1) is 12.0 Å². The van der Waals surface area contributed by atoms with Gasteiger partial charge in [0.25, 0.3) is 5.91 Å². The van der Waals surface area contributed by atoms with Crippen LogP contribution in [0.5, 0.6) is 5.75 Å². The van der Waals surface area contributed by atoms with Gasteiger partial charge in [0.2, 0.25) is 0 Å². The van der Waals surface area contributed by atoms with E-state index in [0.29, 0.717) is 30.9 Å². The number of aliphatic carboxylic acids is 1. The lowest BCUT2D eigenvalue weighted by Crippen LogP contribution is -2.36. The molecule has 35 heavy (non-hydrogen) atoms. The third kappa shape index (κ3) is 6.55. The van der Waals surface area contributed by atoms with Crippen LogP contribution in [0.4, 0.5) is 13.2 Å². The summed E-state index contributed by atoms with van der Waals surface area (Å²) in [5.74, 6) is -0.413. The molecule has 2 aromatic carbocycles. The van der Waals surface area contributed by atoms with Gasteiger partial charge in [-0.25, -0.2) is 0 Å². The minimum Gasteiger partial charge on any atom is -0.493 e. The molecule has 1 amide bonds. The van der Waals surface area contributed by atoms with Crippen LogP contribution in [-0.2, 0) is 16.8 Å². The molecule has 0 heterocycles. The van der Waals surface area contributed by atoms with Crippen LogP contribution in [0.3, 0.4) is 0 Å². The first kappa shape index (κ1) is 26.6. The van der Waals surface area contributed by atoms with Crippen molar-refractivity contribution in [3.63, 3.8) is 0 Å². The van der Waals surface area contributed by atoms with E-state index in [9.17, 15) is 22.8 Å². The van der Waals surface area contributed by atoms with Gasteiger partial charge in [-0.3, -0.25) is 9.59 Å². The number of alkyl halides is 3. The maximum Gasteiger partial charge on any atom is 0.398 e. The number of carboxylic acid groups (broad SMARTS) is 1. The fourth-order valence-electron chi connectivity index (χ4n) is 4.14. The first-order valence-corrected chi connectivity index (χ1v) is 12.0. The molecule has 8 heteroatoms. The summed E-state index contributed by atoms with van der Waals surface area (Å²) in [4.78, 5) is 25.6. The van der Waals surface area contributed by atoms with Crippen molar-refractivity contribution < 1.29 is 32.6 Å². The molecule has 0 bridgehead atoms. The molecule has 1 aliphatic carbocycles. The molecule has 0 unspecified atom stereocenters. The Morgan fingerprint density at radius 2 is 1.69 bits per heavy atom. The Bertz CT molecular complexity index is 1010. The summed E-state index contributed by atoms with van der Waals surface area (Å²) in [5, 5.41) is 8.72. The normalized spacial score (nSPS) is 14.6. The summed E-state index contributed by atoms with van der Waals surface area (Å²) in [7, 11) is 0. The second-order valence-corrected chi connectivity index (χ2v) is 9.34. The molecule has 0 radical (unpaired) electrons. The van der Waals surface area contributed by atoms with Crippen LogP contribution in [0, 0.1) is 0 Å². The second-order valence-electron chi connectivity index (χ2n) is 9.34. The Morgan fingerprint density at radius 1 is 1.03 bits per heavy atom. The molecule has 0 atom stereocenters. The Balaban J connectivity index is 1.66. The zero-order valence-corrected chi connectivity index (χ0v) is 20.1. The van der Waals surface area contributed by atoms with Crippen molar-refractivity contribution in [3.8, 4) is 5.75 Å². The van der Waals surface area contributed by atoms with E-state index in [1.54, 1.807) is 4.90 Å². The Kier molecular flexibility index (Phi) is 8.46. The van der Waals surface area contributed by atoms with Crippen molar-refractivity contribution in [2.24, 2.45) is 0 Å². The third-order valence-electron chi connectivity index (χ3n) is 6.47. The number of nitrogens with zero attached hydrogens (tertiary/aromatic N) is 1. The number of para-hydroxylation sites is 1. The first-order valence-electron chi connectivity index (χ1n) is 12.0. The fourth-order valence-corrected chi connectivity index (χ4v) is 4.14. The lowest BCUT2D eigenvalue weighted by atomic mass is 9.94. The average molecular weight is 492 g/mol. The van der Waals surface area contributed by atoms with Gasteiger partial charge in [-0.1, -0.05) is 30.3 Å². The van der Waals surface area contributed by atoms with E-state index in [4.69, 9.17) is 9.84 Å². The van der Waals surface area contributed by atoms with Gasteiger partial charge >= 0.3 is 12.1 Å². The largest absolute Gasteiger partial charge is 0.493 e. The smallest absolute Gasteiger partial charge is 0.398 e. The Hall–Kier alpha value is -3.03. The number of halogens is 3. The molecule has 1 saturated carbocycles. The van der Waals surface area contributed by atoms with E-state index in [2.05, 4.69) is 0 Å². The van der Waals surface area contributed by atoms with E-state index >= 15 is 0 Å². The van der Waals surface area contributed by atoms with Crippen LogP contribution in [-0.4, -0.2) is 40.7 Å². The molecule has 5 nitrogen and oxygen atoms in total. The summed E-state index contributed by atoms with van der Waals surface area (Å²) < 4.78 is 46.2. The first-order chi connectivity index (χ1) is 16.5. The molecule has 0 spiro atoms. The quantitative estimate of drug-likeness (QED) is 0.351. The number of benzene rings is 2. The van der Waals surface area contributed by atoms with Gasteiger partial charge < -0.3 is 14.7 Å². The minimum absolute atomic E-state index is 0.0816. The highest BCUT2D eigenvalue weighted by atomic mass is 19.4. The van der Waals surface area contributed by atoms with Crippen molar-refractivity contribution in [1.82, 2.24) is 4.90 Å². The predicted molar refractivity (Wildman–Crippen MR) is 126 cm³/mol. The molecular weight excluding hydrogens is 459 g/mol. The third-order valence-corrected chi connectivity index (χ3v) is 6.47. The van der Waals surface area contributed by atoms with E-state index < -0.39 is 17.6 Å². The van der Waals surface area contributed by atoms with Gasteiger partial charge in [-0.05, 0) is 69.7 Å². The number of ether oxygens (including phenoxy) is 1. The molecular formula is C27H32F3NO4. The molecule has 0 aliphatic heterocycles. The number of amides is 1. The summed E-state index contributed by atoms with van der Waals surface area (Å²) in [6, 6.07) is 13.1. The van der Waals surface area contributed by atoms with Crippen molar-refractivity contribution in [2.75, 3.05) is 6.61 Å². The van der Waals surface area contributed by atoms with E-state index in [0.717, 1.165) is 18.4 Å². The maximum atomic E-state index is 13.4. The van der Waals surface area contributed by atoms with Gasteiger partial charge in [-0.2, -0.15) is 13.2 Å². The van der Waals surface area contributed by atoms with Crippen LogP contribution < -0.4 is 4.74 Å². The summed E-state index contributed by atoms with van der Waals surface area (Å²) in [6.45, 7) is 4.51. The average Bonchev–Trinajstić information content (AvgIpc) is 3.62. The van der Waals surface area contributed by atoms with Crippen LogP contribution in [0.1, 0.15) is 73.9 Å². The fraction of sp³-hybridized carbons (Fsp3) is 0.481. The minimum atomic E-state index is -4.29. The van der Waals surface area contributed by atoms with Crippen LogP contribution in [0.15, 0.2) is 48.5 Å². The zero-order valence-electron chi connectivity index (χ0n) is 20.1. The topological polar surface area (TPSA) is 66.8 Å². The molecule has 1 aliphatic rings. The highest BCUT2D eigenvalue weighted by Crippen LogP contribution is 2.58. The second kappa shape index (κ2) is 11.1. The number of carbonyl (C=O) groups excluding carboxylic acids is 1. The van der Waals surface area contributed by atoms with Crippen molar-refractivity contribution in [3.05, 3.63) is 65.2 Å². The van der Waals surface area contributed by atoms with E-state index in [1.165, 1.54) is 24.3 Å². The Morgan fingerprint density at radius 3 is 2.26 bits per heavy atom. The van der Waals surface area contributed by atoms with Gasteiger partial charge in [-0.15, -0.1) is 0 Å². The number of carboxylic acids is 1. The summed E-state index contributed by atoms with van der Waals surface area (Å²) >= 11 is 0. The number of hydrogen-bond donors (Lipinski definition) is 1. The van der Waals surface area contributed by atoms with Gasteiger partial charge in [0, 0.05) is 30.1 Å². The van der Waals surface area contributed by atoms with Crippen molar-refractivity contribution in [2.45, 2.75) is 76.6 Å². The van der Waals surface area contributed by atoms with E-state index in [1.807, 2.05) is 38.1 Å². The molecule has 190 valence electrons. The molecule has 0 aromatic heterocycles. The Labute approximate surface area is 203 Å². The molecule has 2 aromatic rings. The summed E-state index contributed by atoms with van der Waals surface area (Å²) in [5.41, 5.74) is -0.390.